The average Bonchev–Trinajstić information content (AvgIpc) is 3.01. The van der Waals surface area contributed by atoms with Crippen LogP contribution < -0.4 is 10.6 Å². The van der Waals surface area contributed by atoms with E-state index in [0.29, 0.717) is 28.0 Å². The second kappa shape index (κ2) is 7.00. The number of anilines is 2. The Morgan fingerprint density at radius 2 is 1.81 bits per heavy atom. The Kier molecular flexibility index (Phi) is 4.75. The maximum atomic E-state index is 13.3. The average molecular weight is 353 g/mol. The van der Waals surface area contributed by atoms with E-state index in [1.807, 2.05) is 26.8 Å². The summed E-state index contributed by atoms with van der Waals surface area (Å²) in [5.41, 5.74) is 3.10. The first-order valence-electron chi connectivity index (χ1n) is 8.34. The van der Waals surface area contributed by atoms with Gasteiger partial charge in [-0.3, -0.25) is 9.59 Å². The van der Waals surface area contributed by atoms with Gasteiger partial charge in [0.2, 0.25) is 5.91 Å². The highest BCUT2D eigenvalue weighted by atomic mass is 19.1. The predicted octanol–water partition coefficient (Wildman–Crippen LogP) is 4.46. The predicted molar refractivity (Wildman–Crippen MR) is 101 cm³/mol. The minimum Gasteiger partial charge on any atom is -0.351 e. The maximum absolute atomic E-state index is 13.3. The standard InChI is InChI=1S/C20H20FN3O2/c1-11(2)19(25)22-15-6-4-12(3)17(10-15)24-20(26)18-9-13-8-14(21)5-7-16(13)23-18/h4-11,23H,1-3H3,(H,22,25)(H,24,26). The Bertz CT molecular complexity index is 992. The number of amides is 2. The molecular formula is C20H20FN3O2. The molecule has 0 unspecified atom stereocenters. The molecular weight excluding hydrogens is 333 g/mol. The van der Waals surface area contributed by atoms with Gasteiger partial charge in [-0.15, -0.1) is 0 Å². The number of hydrogen-bond acceptors (Lipinski definition) is 2. The minimum absolute atomic E-state index is 0.0937. The van der Waals surface area contributed by atoms with Crippen LogP contribution in [0.2, 0.25) is 0 Å². The third-order valence-electron chi connectivity index (χ3n) is 4.11. The molecule has 134 valence electrons. The molecule has 1 aromatic heterocycles. The number of H-pyrrole nitrogens is 1. The fourth-order valence-corrected chi connectivity index (χ4v) is 2.54. The van der Waals surface area contributed by atoms with Crippen molar-refractivity contribution in [2.75, 3.05) is 10.6 Å². The zero-order valence-electron chi connectivity index (χ0n) is 14.8. The number of benzene rings is 2. The molecule has 26 heavy (non-hydrogen) atoms. The number of hydrogen-bond donors (Lipinski definition) is 3. The van der Waals surface area contributed by atoms with E-state index in [9.17, 15) is 14.0 Å². The molecule has 0 fully saturated rings. The fraction of sp³-hybridized carbons (Fsp3) is 0.200. The van der Waals surface area contributed by atoms with E-state index in [4.69, 9.17) is 0 Å². The minimum atomic E-state index is -0.354. The lowest BCUT2D eigenvalue weighted by Crippen LogP contribution is -2.18. The number of carbonyl (C=O) groups is 2. The lowest BCUT2D eigenvalue weighted by atomic mass is 10.1. The first-order chi connectivity index (χ1) is 12.3. The number of aromatic amines is 1. The summed E-state index contributed by atoms with van der Waals surface area (Å²) >= 11 is 0. The monoisotopic (exact) mass is 353 g/mol. The van der Waals surface area contributed by atoms with Crippen molar-refractivity contribution >= 4 is 34.1 Å². The molecule has 0 aliphatic carbocycles. The van der Waals surface area contributed by atoms with Gasteiger partial charge in [-0.05, 0) is 48.9 Å². The molecule has 0 spiro atoms. The molecule has 2 amide bonds. The molecule has 6 heteroatoms. The molecule has 2 aromatic carbocycles. The molecule has 5 nitrogen and oxygen atoms in total. The van der Waals surface area contributed by atoms with Crippen molar-refractivity contribution in [3.63, 3.8) is 0 Å². The van der Waals surface area contributed by atoms with Crippen molar-refractivity contribution < 1.29 is 14.0 Å². The van der Waals surface area contributed by atoms with E-state index in [-0.39, 0.29) is 23.5 Å². The SMILES string of the molecule is Cc1ccc(NC(=O)C(C)C)cc1NC(=O)c1cc2cc(F)ccc2[nH]1. The first-order valence-corrected chi connectivity index (χ1v) is 8.34. The molecule has 0 radical (unpaired) electrons. The molecule has 1 heterocycles. The quantitative estimate of drug-likeness (QED) is 0.648. The highest BCUT2D eigenvalue weighted by Gasteiger charge is 2.13. The highest BCUT2D eigenvalue weighted by molar-refractivity contribution is 6.06. The molecule has 0 aliphatic heterocycles. The molecule has 3 aromatic rings. The van der Waals surface area contributed by atoms with Crippen LogP contribution in [0.4, 0.5) is 15.8 Å². The number of aryl methyl sites for hydroxylation is 1. The van der Waals surface area contributed by atoms with Gasteiger partial charge in [0, 0.05) is 28.2 Å². The summed E-state index contributed by atoms with van der Waals surface area (Å²) in [5.74, 6) is -0.921. The van der Waals surface area contributed by atoms with E-state index < -0.39 is 0 Å². The van der Waals surface area contributed by atoms with Gasteiger partial charge < -0.3 is 15.6 Å². The molecule has 0 atom stereocenters. The molecule has 3 N–H and O–H groups in total. The van der Waals surface area contributed by atoms with Crippen LogP contribution in [0, 0.1) is 18.7 Å². The Morgan fingerprint density at radius 3 is 2.54 bits per heavy atom. The van der Waals surface area contributed by atoms with Crippen LogP contribution in [-0.4, -0.2) is 16.8 Å². The lowest BCUT2D eigenvalue weighted by Gasteiger charge is -2.12. The van der Waals surface area contributed by atoms with Crippen molar-refractivity contribution in [2.45, 2.75) is 20.8 Å². The largest absolute Gasteiger partial charge is 0.351 e. The molecule has 0 aliphatic rings. The van der Waals surface area contributed by atoms with Crippen molar-refractivity contribution in [2.24, 2.45) is 5.92 Å². The van der Waals surface area contributed by atoms with Crippen LogP contribution in [0.15, 0.2) is 42.5 Å². The van der Waals surface area contributed by atoms with Gasteiger partial charge in [0.15, 0.2) is 0 Å². The van der Waals surface area contributed by atoms with Crippen LogP contribution in [0.1, 0.15) is 29.9 Å². The Morgan fingerprint density at radius 1 is 1.04 bits per heavy atom. The maximum Gasteiger partial charge on any atom is 0.272 e. The van der Waals surface area contributed by atoms with Gasteiger partial charge in [0.1, 0.15) is 11.5 Å². The third-order valence-corrected chi connectivity index (χ3v) is 4.11. The lowest BCUT2D eigenvalue weighted by molar-refractivity contribution is -0.118. The smallest absolute Gasteiger partial charge is 0.272 e. The molecule has 0 saturated heterocycles. The van der Waals surface area contributed by atoms with Gasteiger partial charge in [-0.25, -0.2) is 4.39 Å². The summed E-state index contributed by atoms with van der Waals surface area (Å²) in [5, 5.41) is 6.27. The Labute approximate surface area is 150 Å². The topological polar surface area (TPSA) is 74.0 Å². The number of fused-ring (bicyclic) bond motifs is 1. The summed E-state index contributed by atoms with van der Waals surface area (Å²) in [7, 11) is 0. The summed E-state index contributed by atoms with van der Waals surface area (Å²) < 4.78 is 13.3. The van der Waals surface area contributed by atoms with E-state index in [2.05, 4.69) is 15.6 Å². The van der Waals surface area contributed by atoms with Crippen LogP contribution in [0.3, 0.4) is 0 Å². The van der Waals surface area contributed by atoms with Crippen LogP contribution >= 0.6 is 0 Å². The number of halogens is 1. The molecule has 0 saturated carbocycles. The van der Waals surface area contributed by atoms with Crippen LogP contribution in [0.25, 0.3) is 10.9 Å². The van der Waals surface area contributed by atoms with E-state index >= 15 is 0 Å². The van der Waals surface area contributed by atoms with Gasteiger partial charge in [0.25, 0.3) is 5.91 Å². The third kappa shape index (κ3) is 3.74. The van der Waals surface area contributed by atoms with E-state index in [1.165, 1.54) is 12.1 Å². The Balaban J connectivity index is 1.82. The van der Waals surface area contributed by atoms with Crippen LogP contribution in [0.5, 0.6) is 0 Å². The summed E-state index contributed by atoms with van der Waals surface area (Å²) in [6.07, 6.45) is 0. The van der Waals surface area contributed by atoms with E-state index in [1.54, 1.807) is 24.3 Å². The molecule has 3 rings (SSSR count). The number of nitrogens with one attached hydrogen (secondary N) is 3. The van der Waals surface area contributed by atoms with Gasteiger partial charge in [-0.2, -0.15) is 0 Å². The second-order valence-electron chi connectivity index (χ2n) is 6.54. The zero-order valence-corrected chi connectivity index (χ0v) is 14.8. The number of aromatic nitrogens is 1. The van der Waals surface area contributed by atoms with Gasteiger partial charge in [-0.1, -0.05) is 19.9 Å². The van der Waals surface area contributed by atoms with Crippen LogP contribution in [-0.2, 0) is 4.79 Å². The fourth-order valence-electron chi connectivity index (χ4n) is 2.54. The van der Waals surface area contributed by atoms with Gasteiger partial charge >= 0.3 is 0 Å². The number of rotatable bonds is 4. The summed E-state index contributed by atoms with van der Waals surface area (Å²) in [6, 6.07) is 11.2. The summed E-state index contributed by atoms with van der Waals surface area (Å²) in [4.78, 5) is 27.4. The second-order valence-corrected chi connectivity index (χ2v) is 6.54. The number of carbonyl (C=O) groups excluding carboxylic acids is 2. The first kappa shape index (κ1) is 17.7. The van der Waals surface area contributed by atoms with E-state index in [0.717, 1.165) is 5.56 Å². The van der Waals surface area contributed by atoms with Gasteiger partial charge in [0.05, 0.1) is 0 Å². The zero-order chi connectivity index (χ0) is 18.8. The van der Waals surface area contributed by atoms with Crippen molar-refractivity contribution in [3.05, 3.63) is 59.5 Å². The highest BCUT2D eigenvalue weighted by Crippen LogP contribution is 2.23. The Hall–Kier alpha value is -3.15. The van der Waals surface area contributed by atoms with Crippen molar-refractivity contribution in [1.82, 2.24) is 4.98 Å². The van der Waals surface area contributed by atoms with Crippen molar-refractivity contribution in [1.29, 1.82) is 0 Å². The molecule has 0 bridgehead atoms. The van der Waals surface area contributed by atoms with Crippen molar-refractivity contribution in [3.8, 4) is 0 Å². The normalized spacial score (nSPS) is 11.0. The summed E-state index contributed by atoms with van der Waals surface area (Å²) in [6.45, 7) is 5.49.